The Balaban J connectivity index is 1.58. The number of rotatable bonds is 6. The van der Waals surface area contributed by atoms with Gasteiger partial charge in [-0.25, -0.2) is 4.39 Å². The van der Waals surface area contributed by atoms with Crippen molar-refractivity contribution in [1.29, 1.82) is 0 Å². The van der Waals surface area contributed by atoms with Gasteiger partial charge in [0.25, 0.3) is 0 Å². The summed E-state index contributed by atoms with van der Waals surface area (Å²) >= 11 is 0. The summed E-state index contributed by atoms with van der Waals surface area (Å²) in [5.74, 6) is 0.558. The average Bonchev–Trinajstić information content (AvgIpc) is 3.24. The van der Waals surface area contributed by atoms with Crippen LogP contribution in [0.1, 0.15) is 36.0 Å². The molecule has 0 radical (unpaired) electrons. The van der Waals surface area contributed by atoms with Crippen LogP contribution in [0, 0.1) is 5.82 Å². The predicted molar refractivity (Wildman–Crippen MR) is 106 cm³/mol. The molecule has 28 heavy (non-hydrogen) atoms. The van der Waals surface area contributed by atoms with Gasteiger partial charge in [-0.2, -0.15) is 0 Å². The lowest BCUT2D eigenvalue weighted by atomic mass is 9.98. The largest absolute Gasteiger partial charge is 0.419 e. The van der Waals surface area contributed by atoms with E-state index in [1.54, 1.807) is 12.1 Å². The first-order chi connectivity index (χ1) is 13.7. The molecule has 4 nitrogen and oxygen atoms in total. The quantitative estimate of drug-likeness (QED) is 0.497. The molecule has 0 aliphatic heterocycles. The smallest absolute Gasteiger partial charge is 0.247 e. The van der Waals surface area contributed by atoms with Crippen molar-refractivity contribution in [2.45, 2.75) is 19.0 Å². The second-order valence-corrected chi connectivity index (χ2v) is 6.60. The van der Waals surface area contributed by atoms with E-state index in [0.29, 0.717) is 17.3 Å². The molecule has 0 saturated carbocycles. The highest BCUT2D eigenvalue weighted by Gasteiger charge is 2.21. The van der Waals surface area contributed by atoms with Gasteiger partial charge in [-0.05, 0) is 42.3 Å². The molecule has 0 aliphatic carbocycles. The minimum absolute atomic E-state index is 0.0152. The second-order valence-electron chi connectivity index (χ2n) is 6.60. The van der Waals surface area contributed by atoms with Gasteiger partial charge >= 0.3 is 0 Å². The fraction of sp³-hybridized carbons (Fsp3) is 0.130. The van der Waals surface area contributed by atoms with E-state index >= 15 is 0 Å². The number of halogens is 1. The molecule has 0 fully saturated rings. The summed E-state index contributed by atoms with van der Waals surface area (Å²) in [6.45, 7) is 1.99. The van der Waals surface area contributed by atoms with Crippen LogP contribution >= 0.6 is 0 Å². The number of benzene rings is 3. The highest BCUT2D eigenvalue weighted by Crippen LogP contribution is 2.27. The highest BCUT2D eigenvalue weighted by molar-refractivity contribution is 5.52. The van der Waals surface area contributed by atoms with Crippen molar-refractivity contribution in [3.63, 3.8) is 0 Å². The molecule has 0 spiro atoms. The van der Waals surface area contributed by atoms with Gasteiger partial charge in [0, 0.05) is 5.56 Å². The third-order valence-corrected chi connectivity index (χ3v) is 4.58. The Morgan fingerprint density at radius 2 is 1.36 bits per heavy atom. The maximum Gasteiger partial charge on any atom is 0.247 e. The van der Waals surface area contributed by atoms with Crippen LogP contribution in [0.3, 0.4) is 0 Å². The molecule has 1 aromatic heterocycles. The third-order valence-electron chi connectivity index (χ3n) is 4.58. The van der Waals surface area contributed by atoms with Gasteiger partial charge in [0.2, 0.25) is 11.8 Å². The van der Waals surface area contributed by atoms with Gasteiger partial charge in [0.05, 0.1) is 12.1 Å². The fourth-order valence-corrected chi connectivity index (χ4v) is 3.12. The first-order valence-corrected chi connectivity index (χ1v) is 9.16. The van der Waals surface area contributed by atoms with Crippen molar-refractivity contribution in [1.82, 2.24) is 15.5 Å². The van der Waals surface area contributed by atoms with Gasteiger partial charge in [-0.1, -0.05) is 60.7 Å². The zero-order valence-corrected chi connectivity index (χ0v) is 15.4. The molecular weight excluding hydrogens is 353 g/mol. The van der Waals surface area contributed by atoms with Crippen LogP contribution in [-0.4, -0.2) is 10.2 Å². The SMILES string of the molecule is C[C@H](NC(c1ccccc1)c1ccccc1)c1nnc(-c2ccc(F)cc2)o1. The zero-order chi connectivity index (χ0) is 19.3. The number of nitrogens with zero attached hydrogens (tertiary/aromatic N) is 2. The molecule has 0 unspecified atom stereocenters. The van der Waals surface area contributed by atoms with Crippen LogP contribution in [0.5, 0.6) is 0 Å². The second kappa shape index (κ2) is 8.15. The number of hydrogen-bond donors (Lipinski definition) is 1. The summed E-state index contributed by atoms with van der Waals surface area (Å²) < 4.78 is 19.0. The summed E-state index contributed by atoms with van der Waals surface area (Å²) in [6, 6.07) is 26.3. The number of aromatic nitrogens is 2. The van der Waals surface area contributed by atoms with Gasteiger partial charge in [-0.15, -0.1) is 10.2 Å². The summed E-state index contributed by atoms with van der Waals surface area (Å²) in [5, 5.41) is 11.9. The van der Waals surface area contributed by atoms with Crippen molar-refractivity contribution < 1.29 is 8.81 Å². The molecule has 4 aromatic rings. The van der Waals surface area contributed by atoms with E-state index in [0.717, 1.165) is 11.1 Å². The standard InChI is InChI=1S/C23H20FN3O/c1-16(22-26-27-23(28-22)19-12-14-20(24)15-13-19)25-21(17-8-4-2-5-9-17)18-10-6-3-7-11-18/h2-16,21,25H,1H3/t16-/m0/s1. The fourth-order valence-electron chi connectivity index (χ4n) is 3.12. The predicted octanol–water partition coefficient (Wildman–Crippen LogP) is 5.32. The van der Waals surface area contributed by atoms with Crippen LogP contribution < -0.4 is 5.32 Å². The van der Waals surface area contributed by atoms with Crippen LogP contribution in [0.4, 0.5) is 4.39 Å². The van der Waals surface area contributed by atoms with E-state index in [1.165, 1.54) is 12.1 Å². The third kappa shape index (κ3) is 4.00. The lowest BCUT2D eigenvalue weighted by Gasteiger charge is -2.22. The van der Waals surface area contributed by atoms with Crippen molar-refractivity contribution in [2.75, 3.05) is 0 Å². The maximum atomic E-state index is 13.1. The van der Waals surface area contributed by atoms with E-state index in [2.05, 4.69) is 39.8 Å². The zero-order valence-electron chi connectivity index (χ0n) is 15.4. The Bertz CT molecular complexity index is 977. The first kappa shape index (κ1) is 18.1. The first-order valence-electron chi connectivity index (χ1n) is 9.16. The number of nitrogens with one attached hydrogen (secondary N) is 1. The molecule has 1 N–H and O–H groups in total. The molecular formula is C23H20FN3O. The van der Waals surface area contributed by atoms with E-state index in [1.807, 2.05) is 43.3 Å². The van der Waals surface area contributed by atoms with E-state index < -0.39 is 0 Å². The minimum atomic E-state index is -0.299. The van der Waals surface area contributed by atoms with Crippen molar-refractivity contribution in [3.8, 4) is 11.5 Å². The Labute approximate surface area is 163 Å². The average molecular weight is 373 g/mol. The summed E-state index contributed by atoms with van der Waals surface area (Å²) in [4.78, 5) is 0. The summed E-state index contributed by atoms with van der Waals surface area (Å²) in [6.07, 6.45) is 0. The number of hydrogen-bond acceptors (Lipinski definition) is 4. The summed E-state index contributed by atoms with van der Waals surface area (Å²) in [5.41, 5.74) is 2.99. The van der Waals surface area contributed by atoms with Gasteiger partial charge in [-0.3, -0.25) is 5.32 Å². The normalized spacial score (nSPS) is 12.2. The molecule has 140 valence electrons. The van der Waals surface area contributed by atoms with Crippen LogP contribution in [0.25, 0.3) is 11.5 Å². The Morgan fingerprint density at radius 1 is 0.786 bits per heavy atom. The Hall–Kier alpha value is -3.31. The van der Waals surface area contributed by atoms with Crippen molar-refractivity contribution >= 4 is 0 Å². The Kier molecular flexibility index (Phi) is 5.26. The van der Waals surface area contributed by atoms with E-state index in [9.17, 15) is 4.39 Å². The highest BCUT2D eigenvalue weighted by atomic mass is 19.1. The molecule has 0 saturated heterocycles. The maximum absolute atomic E-state index is 13.1. The van der Waals surface area contributed by atoms with Gasteiger partial charge in [0.1, 0.15) is 5.82 Å². The van der Waals surface area contributed by atoms with E-state index in [-0.39, 0.29) is 17.9 Å². The van der Waals surface area contributed by atoms with Gasteiger partial charge in [0.15, 0.2) is 0 Å². The molecule has 4 rings (SSSR count). The van der Waals surface area contributed by atoms with Crippen LogP contribution in [0.2, 0.25) is 0 Å². The lowest BCUT2D eigenvalue weighted by molar-refractivity contribution is 0.403. The molecule has 5 heteroatoms. The van der Waals surface area contributed by atoms with Crippen LogP contribution in [0.15, 0.2) is 89.3 Å². The van der Waals surface area contributed by atoms with Crippen molar-refractivity contribution in [2.24, 2.45) is 0 Å². The monoisotopic (exact) mass is 373 g/mol. The van der Waals surface area contributed by atoms with Crippen molar-refractivity contribution in [3.05, 3.63) is 108 Å². The molecule has 3 aromatic carbocycles. The molecule has 0 amide bonds. The molecule has 0 bridgehead atoms. The molecule has 0 aliphatic rings. The topological polar surface area (TPSA) is 51.0 Å². The Morgan fingerprint density at radius 3 is 1.93 bits per heavy atom. The lowest BCUT2D eigenvalue weighted by Crippen LogP contribution is -2.25. The summed E-state index contributed by atoms with van der Waals surface area (Å²) in [7, 11) is 0. The van der Waals surface area contributed by atoms with Crippen LogP contribution in [-0.2, 0) is 0 Å². The molecule has 1 heterocycles. The van der Waals surface area contributed by atoms with Gasteiger partial charge < -0.3 is 4.42 Å². The van der Waals surface area contributed by atoms with E-state index in [4.69, 9.17) is 4.42 Å². The minimum Gasteiger partial charge on any atom is -0.419 e. The molecule has 1 atom stereocenters.